The van der Waals surface area contributed by atoms with Crippen LogP contribution in [0.15, 0.2) is 24.3 Å². The zero-order valence-corrected chi connectivity index (χ0v) is 17.3. The van der Waals surface area contributed by atoms with Crippen LogP contribution >= 0.6 is 12.2 Å². The van der Waals surface area contributed by atoms with Gasteiger partial charge in [-0.2, -0.15) is 0 Å². The SMILES string of the molecule is COc1ccc(C(CNC(=S)NC2CC3CCC2C3)N2CCCCC2)cc1. The van der Waals surface area contributed by atoms with E-state index >= 15 is 0 Å². The number of thiocarbonyl (C=S) groups is 1. The molecule has 4 nitrogen and oxygen atoms in total. The van der Waals surface area contributed by atoms with Crippen molar-refractivity contribution in [2.24, 2.45) is 11.8 Å². The Bertz CT molecular complexity index is 629. The summed E-state index contributed by atoms with van der Waals surface area (Å²) in [5.74, 6) is 2.70. The molecule has 0 aromatic heterocycles. The normalized spacial score (nSPS) is 28.7. The number of fused-ring (bicyclic) bond motifs is 2. The second kappa shape index (κ2) is 8.78. The molecule has 5 heteroatoms. The van der Waals surface area contributed by atoms with Crippen molar-refractivity contribution in [1.82, 2.24) is 15.5 Å². The lowest BCUT2D eigenvalue weighted by atomic mass is 9.95. The van der Waals surface area contributed by atoms with Crippen LogP contribution in [0.4, 0.5) is 0 Å². The number of nitrogens with zero attached hydrogens (tertiary/aromatic N) is 1. The van der Waals surface area contributed by atoms with Crippen LogP contribution in [0.25, 0.3) is 0 Å². The minimum atomic E-state index is 0.357. The van der Waals surface area contributed by atoms with Gasteiger partial charge in [-0.25, -0.2) is 0 Å². The molecule has 2 N–H and O–H groups in total. The van der Waals surface area contributed by atoms with Crippen molar-refractivity contribution in [2.45, 2.75) is 57.0 Å². The van der Waals surface area contributed by atoms with E-state index in [2.05, 4.69) is 39.8 Å². The summed E-state index contributed by atoms with van der Waals surface area (Å²) in [6.07, 6.45) is 9.46. The van der Waals surface area contributed by atoms with E-state index in [1.807, 2.05) is 0 Å². The molecule has 1 saturated heterocycles. The molecule has 148 valence electrons. The van der Waals surface area contributed by atoms with Crippen LogP contribution in [0, 0.1) is 11.8 Å². The Morgan fingerprint density at radius 3 is 2.56 bits per heavy atom. The van der Waals surface area contributed by atoms with E-state index < -0.39 is 0 Å². The minimum Gasteiger partial charge on any atom is -0.497 e. The first-order valence-electron chi connectivity index (χ1n) is 10.7. The summed E-state index contributed by atoms with van der Waals surface area (Å²) >= 11 is 5.65. The van der Waals surface area contributed by atoms with Crippen molar-refractivity contribution in [2.75, 3.05) is 26.7 Å². The summed E-state index contributed by atoms with van der Waals surface area (Å²) in [5.41, 5.74) is 1.34. The molecule has 1 aromatic carbocycles. The molecule has 1 aromatic rings. The van der Waals surface area contributed by atoms with Crippen LogP contribution in [0.3, 0.4) is 0 Å². The van der Waals surface area contributed by atoms with Crippen molar-refractivity contribution < 1.29 is 4.74 Å². The summed E-state index contributed by atoms with van der Waals surface area (Å²) in [7, 11) is 1.72. The molecule has 3 fully saturated rings. The number of rotatable bonds is 6. The molecule has 1 heterocycles. The fourth-order valence-corrected chi connectivity index (χ4v) is 5.58. The Hall–Kier alpha value is -1.33. The third-order valence-electron chi connectivity index (χ3n) is 6.84. The fourth-order valence-electron chi connectivity index (χ4n) is 5.34. The standard InChI is InChI=1S/C22H33N3OS/c1-26-19-9-7-17(8-10-19)21(25-11-3-2-4-12-25)15-23-22(27)24-20-14-16-5-6-18(20)13-16/h7-10,16,18,20-21H,2-6,11-15H2,1H3,(H2,23,24,27). The number of benzene rings is 1. The predicted molar refractivity (Wildman–Crippen MR) is 114 cm³/mol. The molecule has 0 radical (unpaired) electrons. The Kier molecular flexibility index (Phi) is 6.18. The Morgan fingerprint density at radius 1 is 1.15 bits per heavy atom. The number of piperidine rings is 1. The third kappa shape index (κ3) is 4.57. The van der Waals surface area contributed by atoms with Gasteiger partial charge in [0.2, 0.25) is 0 Å². The number of ether oxygens (including phenoxy) is 1. The van der Waals surface area contributed by atoms with Gasteiger partial charge in [0, 0.05) is 12.6 Å². The molecule has 4 atom stereocenters. The second-order valence-electron chi connectivity index (χ2n) is 8.52. The number of hydrogen-bond donors (Lipinski definition) is 2. The van der Waals surface area contributed by atoms with E-state index in [0.29, 0.717) is 12.1 Å². The smallest absolute Gasteiger partial charge is 0.166 e. The van der Waals surface area contributed by atoms with Gasteiger partial charge in [0.1, 0.15) is 5.75 Å². The summed E-state index contributed by atoms with van der Waals surface area (Å²) in [6.45, 7) is 3.20. The van der Waals surface area contributed by atoms with Crippen molar-refractivity contribution in [3.05, 3.63) is 29.8 Å². The topological polar surface area (TPSA) is 36.5 Å². The van der Waals surface area contributed by atoms with Crippen molar-refractivity contribution in [3.8, 4) is 5.75 Å². The quantitative estimate of drug-likeness (QED) is 0.725. The number of nitrogens with one attached hydrogen (secondary N) is 2. The maximum Gasteiger partial charge on any atom is 0.166 e. The van der Waals surface area contributed by atoms with Crippen LogP contribution in [0.5, 0.6) is 5.75 Å². The van der Waals surface area contributed by atoms with E-state index in [0.717, 1.165) is 29.2 Å². The van der Waals surface area contributed by atoms with Gasteiger partial charge in [-0.15, -0.1) is 0 Å². The average Bonchev–Trinajstić information content (AvgIpc) is 3.32. The van der Waals surface area contributed by atoms with Gasteiger partial charge in [-0.05, 0) is 86.9 Å². The van der Waals surface area contributed by atoms with Crippen molar-refractivity contribution >= 4 is 17.3 Å². The lowest BCUT2D eigenvalue weighted by molar-refractivity contribution is 0.164. The van der Waals surface area contributed by atoms with Gasteiger partial charge in [0.05, 0.1) is 13.2 Å². The highest BCUT2D eigenvalue weighted by molar-refractivity contribution is 7.80. The summed E-state index contributed by atoms with van der Waals surface area (Å²) in [4.78, 5) is 2.61. The monoisotopic (exact) mass is 387 g/mol. The number of likely N-dealkylation sites (tertiary alicyclic amines) is 1. The number of methoxy groups -OCH3 is 1. The molecule has 4 rings (SSSR count). The van der Waals surface area contributed by atoms with E-state index in [9.17, 15) is 0 Å². The van der Waals surface area contributed by atoms with Gasteiger partial charge in [0.15, 0.2) is 5.11 Å². The molecular formula is C22H33N3OS. The third-order valence-corrected chi connectivity index (χ3v) is 7.10. The molecule has 27 heavy (non-hydrogen) atoms. The Labute approximate surface area is 169 Å². The summed E-state index contributed by atoms with van der Waals surface area (Å²) in [6, 6.07) is 9.49. The lowest BCUT2D eigenvalue weighted by Crippen LogP contribution is -2.47. The predicted octanol–water partition coefficient (Wildman–Crippen LogP) is 3.87. The van der Waals surface area contributed by atoms with E-state index in [1.165, 1.54) is 63.6 Å². The minimum absolute atomic E-state index is 0.357. The zero-order valence-electron chi connectivity index (χ0n) is 16.5. The molecule has 0 amide bonds. The van der Waals surface area contributed by atoms with E-state index in [-0.39, 0.29) is 0 Å². The molecule has 0 spiro atoms. The highest BCUT2D eigenvalue weighted by atomic mass is 32.1. The highest BCUT2D eigenvalue weighted by Crippen LogP contribution is 2.44. The van der Waals surface area contributed by atoms with E-state index in [4.69, 9.17) is 17.0 Å². The van der Waals surface area contributed by atoms with Gasteiger partial charge < -0.3 is 15.4 Å². The zero-order chi connectivity index (χ0) is 18.6. The van der Waals surface area contributed by atoms with Crippen LogP contribution in [-0.4, -0.2) is 42.8 Å². The van der Waals surface area contributed by atoms with Crippen LogP contribution in [0.1, 0.15) is 56.6 Å². The molecule has 1 aliphatic heterocycles. The Balaban J connectivity index is 1.36. The highest BCUT2D eigenvalue weighted by Gasteiger charge is 2.39. The van der Waals surface area contributed by atoms with Crippen LogP contribution in [-0.2, 0) is 0 Å². The van der Waals surface area contributed by atoms with E-state index in [1.54, 1.807) is 7.11 Å². The van der Waals surface area contributed by atoms with Gasteiger partial charge in [-0.3, -0.25) is 4.90 Å². The summed E-state index contributed by atoms with van der Waals surface area (Å²) < 4.78 is 5.33. The van der Waals surface area contributed by atoms with Crippen LogP contribution < -0.4 is 15.4 Å². The van der Waals surface area contributed by atoms with Gasteiger partial charge in [0.25, 0.3) is 0 Å². The first kappa shape index (κ1) is 19.0. The van der Waals surface area contributed by atoms with Gasteiger partial charge >= 0.3 is 0 Å². The molecular weight excluding hydrogens is 354 g/mol. The van der Waals surface area contributed by atoms with Crippen LogP contribution in [0.2, 0.25) is 0 Å². The lowest BCUT2D eigenvalue weighted by Gasteiger charge is -2.35. The first-order valence-corrected chi connectivity index (χ1v) is 11.1. The summed E-state index contributed by atoms with van der Waals surface area (Å²) in [5, 5.41) is 8.00. The largest absolute Gasteiger partial charge is 0.497 e. The fraction of sp³-hybridized carbons (Fsp3) is 0.682. The number of hydrogen-bond acceptors (Lipinski definition) is 3. The molecule has 4 unspecified atom stereocenters. The van der Waals surface area contributed by atoms with Crippen molar-refractivity contribution in [1.29, 1.82) is 0 Å². The molecule has 2 bridgehead atoms. The Morgan fingerprint density at radius 2 is 1.93 bits per heavy atom. The molecule has 2 aliphatic carbocycles. The molecule has 3 aliphatic rings. The maximum absolute atomic E-state index is 5.65. The average molecular weight is 388 g/mol. The first-order chi connectivity index (χ1) is 13.2. The maximum atomic E-state index is 5.65. The van der Waals surface area contributed by atoms with Crippen molar-refractivity contribution in [3.63, 3.8) is 0 Å². The molecule has 2 saturated carbocycles. The van der Waals surface area contributed by atoms with Gasteiger partial charge in [-0.1, -0.05) is 25.0 Å². The second-order valence-corrected chi connectivity index (χ2v) is 8.93.